The lowest BCUT2D eigenvalue weighted by molar-refractivity contribution is 0.0769. The maximum atomic E-state index is 12.9. The minimum Gasteiger partial charge on any atom is -0.489 e. The van der Waals surface area contributed by atoms with Crippen LogP contribution in [0.15, 0.2) is 39.5 Å². The molecule has 0 N–H and O–H groups in total. The number of hydrogen-bond donors (Lipinski definition) is 0. The van der Waals surface area contributed by atoms with Gasteiger partial charge in [-0.2, -0.15) is 5.10 Å². The van der Waals surface area contributed by atoms with Crippen LogP contribution in [0, 0.1) is 6.92 Å². The first kappa shape index (κ1) is 20.1. The van der Waals surface area contributed by atoms with Crippen LogP contribution in [0.5, 0.6) is 5.75 Å². The van der Waals surface area contributed by atoms with Gasteiger partial charge in [0, 0.05) is 14.1 Å². The average molecular weight is 447 g/mol. The lowest BCUT2D eigenvalue weighted by Crippen LogP contribution is -2.28. The fourth-order valence-corrected chi connectivity index (χ4v) is 3.27. The Balaban J connectivity index is 1.72. The highest BCUT2D eigenvalue weighted by molar-refractivity contribution is 9.10. The van der Waals surface area contributed by atoms with Gasteiger partial charge in [0.15, 0.2) is 5.69 Å². The number of carbonyl (C=O) groups excluding carboxylic acids is 1. The van der Waals surface area contributed by atoms with E-state index in [1.54, 1.807) is 29.7 Å². The average Bonchev–Trinajstić information content (AvgIpc) is 3.22. The molecule has 1 aromatic carbocycles. The molecule has 28 heavy (non-hydrogen) atoms. The van der Waals surface area contributed by atoms with Gasteiger partial charge in [-0.25, -0.2) is 0 Å². The summed E-state index contributed by atoms with van der Waals surface area (Å²) in [6.07, 6.45) is 2.68. The van der Waals surface area contributed by atoms with Gasteiger partial charge in [0.25, 0.3) is 5.91 Å². The Labute approximate surface area is 172 Å². The summed E-state index contributed by atoms with van der Waals surface area (Å²) in [5, 5.41) is 8.15. The summed E-state index contributed by atoms with van der Waals surface area (Å²) in [4.78, 5) is 14.5. The Morgan fingerprint density at radius 1 is 1.32 bits per heavy atom. The molecule has 0 bridgehead atoms. The fraction of sp³-hybridized carbons (Fsp3) is 0.350. The summed E-state index contributed by atoms with van der Waals surface area (Å²) in [5.41, 5.74) is 3.06. The van der Waals surface area contributed by atoms with Crippen molar-refractivity contribution < 1.29 is 14.1 Å². The zero-order valence-electron chi connectivity index (χ0n) is 16.4. The normalized spacial score (nSPS) is 10.9. The van der Waals surface area contributed by atoms with Gasteiger partial charge in [0.2, 0.25) is 0 Å². The van der Waals surface area contributed by atoms with Crippen LogP contribution in [0.25, 0.3) is 0 Å². The van der Waals surface area contributed by atoms with Crippen LogP contribution in [0.4, 0.5) is 0 Å². The first-order chi connectivity index (χ1) is 13.4. The summed E-state index contributed by atoms with van der Waals surface area (Å²) in [7, 11) is 3.56. The number of halogens is 1. The molecule has 0 spiro atoms. The Morgan fingerprint density at radius 3 is 2.64 bits per heavy atom. The molecule has 0 saturated heterocycles. The van der Waals surface area contributed by atoms with E-state index < -0.39 is 0 Å². The van der Waals surface area contributed by atoms with Crippen LogP contribution < -0.4 is 4.74 Å². The Bertz CT molecular complexity index is 943. The van der Waals surface area contributed by atoms with Crippen molar-refractivity contribution in [3.63, 3.8) is 0 Å². The van der Waals surface area contributed by atoms with Gasteiger partial charge in [-0.05, 0) is 47.0 Å². The zero-order chi connectivity index (χ0) is 20.3. The second kappa shape index (κ2) is 8.60. The van der Waals surface area contributed by atoms with Gasteiger partial charge in [0.1, 0.15) is 18.1 Å². The van der Waals surface area contributed by atoms with Crippen LogP contribution in [0.3, 0.4) is 0 Å². The molecule has 0 aliphatic carbocycles. The largest absolute Gasteiger partial charge is 0.489 e. The van der Waals surface area contributed by atoms with E-state index in [2.05, 4.69) is 33.1 Å². The van der Waals surface area contributed by atoms with E-state index in [9.17, 15) is 4.79 Å². The van der Waals surface area contributed by atoms with Crippen molar-refractivity contribution in [1.29, 1.82) is 0 Å². The summed E-state index contributed by atoms with van der Waals surface area (Å²) in [6, 6.07) is 7.91. The minimum atomic E-state index is -0.232. The number of benzene rings is 1. The van der Waals surface area contributed by atoms with E-state index in [-0.39, 0.29) is 18.2 Å². The smallest absolute Gasteiger partial charge is 0.276 e. The molecule has 2 aromatic heterocycles. The molecule has 0 aliphatic heterocycles. The Morgan fingerprint density at radius 2 is 2.04 bits per heavy atom. The van der Waals surface area contributed by atoms with Gasteiger partial charge in [0.05, 0.1) is 28.5 Å². The van der Waals surface area contributed by atoms with Crippen LogP contribution in [0.2, 0.25) is 0 Å². The standard InChI is InChI=1S/C20H23BrN4O3/c1-5-14-6-8-15(9-7-14)27-12-16-13(2)28-23-19(16)20(26)24(3)11-18-17(21)10-22-25(18)4/h6-10H,5,11-12H2,1-4H3. The number of aromatic nitrogens is 3. The second-order valence-electron chi connectivity index (χ2n) is 6.58. The second-order valence-corrected chi connectivity index (χ2v) is 7.43. The van der Waals surface area contributed by atoms with Crippen LogP contribution in [-0.2, 0) is 26.6 Å². The molecule has 0 radical (unpaired) electrons. The molecule has 0 atom stereocenters. The van der Waals surface area contributed by atoms with Gasteiger partial charge in [-0.3, -0.25) is 9.48 Å². The number of amides is 1. The topological polar surface area (TPSA) is 73.4 Å². The highest BCUT2D eigenvalue weighted by Gasteiger charge is 2.24. The molecule has 0 unspecified atom stereocenters. The Kier molecular flexibility index (Phi) is 6.18. The fourth-order valence-electron chi connectivity index (χ4n) is 2.80. The first-order valence-corrected chi connectivity index (χ1v) is 9.78. The van der Waals surface area contributed by atoms with Crippen molar-refractivity contribution in [2.24, 2.45) is 7.05 Å². The molecule has 0 aliphatic rings. The van der Waals surface area contributed by atoms with Crippen molar-refractivity contribution in [3.8, 4) is 5.75 Å². The van der Waals surface area contributed by atoms with E-state index in [0.29, 0.717) is 17.9 Å². The summed E-state index contributed by atoms with van der Waals surface area (Å²) in [6.45, 7) is 4.49. The maximum absolute atomic E-state index is 12.9. The van der Waals surface area contributed by atoms with E-state index in [1.165, 1.54) is 5.56 Å². The van der Waals surface area contributed by atoms with Crippen LogP contribution in [0.1, 0.15) is 40.0 Å². The van der Waals surface area contributed by atoms with E-state index in [0.717, 1.165) is 22.3 Å². The highest BCUT2D eigenvalue weighted by Crippen LogP contribution is 2.21. The van der Waals surface area contributed by atoms with Crippen molar-refractivity contribution in [1.82, 2.24) is 19.8 Å². The highest BCUT2D eigenvalue weighted by atomic mass is 79.9. The minimum absolute atomic E-state index is 0.213. The lowest BCUT2D eigenvalue weighted by atomic mass is 10.1. The summed E-state index contributed by atoms with van der Waals surface area (Å²) < 4.78 is 13.7. The van der Waals surface area contributed by atoms with Crippen molar-refractivity contribution in [3.05, 3.63) is 63.2 Å². The van der Waals surface area contributed by atoms with Crippen molar-refractivity contribution in [2.75, 3.05) is 7.05 Å². The van der Waals surface area contributed by atoms with E-state index in [1.807, 2.05) is 31.3 Å². The SMILES string of the molecule is CCc1ccc(OCc2c(C(=O)N(C)Cc3c(Br)cnn3C)noc2C)cc1. The third-order valence-electron chi connectivity index (χ3n) is 4.65. The molecule has 3 rings (SSSR count). The maximum Gasteiger partial charge on any atom is 0.276 e. The molecule has 7 nitrogen and oxygen atoms in total. The lowest BCUT2D eigenvalue weighted by Gasteiger charge is -2.17. The van der Waals surface area contributed by atoms with Gasteiger partial charge < -0.3 is 14.2 Å². The molecular formula is C20H23BrN4O3. The zero-order valence-corrected chi connectivity index (χ0v) is 18.0. The first-order valence-electron chi connectivity index (χ1n) is 8.99. The number of hydrogen-bond acceptors (Lipinski definition) is 5. The van der Waals surface area contributed by atoms with Gasteiger partial charge in [-0.1, -0.05) is 24.2 Å². The molecule has 0 fully saturated rings. The predicted octanol–water partition coefficient (Wildman–Crippen LogP) is 3.89. The summed E-state index contributed by atoms with van der Waals surface area (Å²) in [5.74, 6) is 1.08. The third kappa shape index (κ3) is 4.27. The summed E-state index contributed by atoms with van der Waals surface area (Å²) >= 11 is 3.46. The molecular weight excluding hydrogens is 424 g/mol. The molecule has 1 amide bonds. The van der Waals surface area contributed by atoms with E-state index in [4.69, 9.17) is 9.26 Å². The van der Waals surface area contributed by atoms with Crippen LogP contribution in [-0.4, -0.2) is 32.8 Å². The molecule has 148 valence electrons. The number of aryl methyl sites for hydroxylation is 3. The molecule has 0 saturated carbocycles. The predicted molar refractivity (Wildman–Crippen MR) is 108 cm³/mol. The van der Waals surface area contributed by atoms with E-state index >= 15 is 0 Å². The number of nitrogens with zero attached hydrogens (tertiary/aromatic N) is 4. The molecule has 8 heteroatoms. The van der Waals surface area contributed by atoms with Crippen LogP contribution >= 0.6 is 15.9 Å². The van der Waals surface area contributed by atoms with Gasteiger partial charge >= 0.3 is 0 Å². The number of carbonyl (C=O) groups is 1. The van der Waals surface area contributed by atoms with Crippen molar-refractivity contribution >= 4 is 21.8 Å². The molecule has 3 aromatic rings. The van der Waals surface area contributed by atoms with Crippen molar-refractivity contribution in [2.45, 2.75) is 33.4 Å². The third-order valence-corrected chi connectivity index (χ3v) is 5.31. The number of rotatable bonds is 7. The number of ether oxygens (including phenoxy) is 1. The monoisotopic (exact) mass is 446 g/mol. The quantitative estimate of drug-likeness (QED) is 0.550. The Hall–Kier alpha value is -2.61. The van der Waals surface area contributed by atoms with Gasteiger partial charge in [-0.15, -0.1) is 0 Å². The molecule has 2 heterocycles.